The van der Waals surface area contributed by atoms with Crippen LogP contribution >= 0.6 is 12.2 Å². The molecule has 0 aliphatic heterocycles. The Bertz CT molecular complexity index is 756. The number of hydrazine groups is 1. The van der Waals surface area contributed by atoms with Crippen LogP contribution < -0.4 is 20.9 Å². The van der Waals surface area contributed by atoms with E-state index < -0.39 is 24.2 Å². The average Bonchev–Trinajstić information content (AvgIpc) is 3.11. The number of furan rings is 1. The summed E-state index contributed by atoms with van der Waals surface area (Å²) in [5.41, 5.74) is 4.52. The first-order chi connectivity index (χ1) is 12.3. The number of hydrogen-bond acceptors (Lipinski definition) is 4. The van der Waals surface area contributed by atoms with Gasteiger partial charge in [0, 0.05) is 5.56 Å². The molecule has 0 saturated heterocycles. The molecule has 6 nitrogen and oxygen atoms in total. The van der Waals surface area contributed by atoms with Crippen LogP contribution in [0.2, 0.25) is 0 Å². The molecule has 0 fully saturated rings. The molecule has 0 aliphatic carbocycles. The number of nitrogens with one attached hydrogen (secondary N) is 3. The molecule has 0 radical (unpaired) electrons. The van der Waals surface area contributed by atoms with Gasteiger partial charge in [0.2, 0.25) is 0 Å². The number of amides is 1. The minimum atomic E-state index is -4.66. The summed E-state index contributed by atoms with van der Waals surface area (Å²) in [6.07, 6.45) is -7.17. The number of hydrogen-bond donors (Lipinski definition) is 3. The van der Waals surface area contributed by atoms with E-state index in [0.29, 0.717) is 5.76 Å². The van der Waals surface area contributed by atoms with E-state index in [4.69, 9.17) is 16.6 Å². The third-order valence-electron chi connectivity index (χ3n) is 2.90. The van der Waals surface area contributed by atoms with E-state index >= 15 is 0 Å². The minimum Gasteiger partial charge on any atom is -0.467 e. The smallest absolute Gasteiger partial charge is 0.461 e. The predicted octanol–water partition coefficient (Wildman–Crippen LogP) is 2.83. The molecule has 0 unspecified atom stereocenters. The highest BCUT2D eigenvalue weighted by molar-refractivity contribution is 7.80. The van der Waals surface area contributed by atoms with Crippen molar-refractivity contribution in [3.8, 4) is 5.75 Å². The maximum atomic E-state index is 12.9. The fourth-order valence-corrected chi connectivity index (χ4v) is 1.84. The summed E-state index contributed by atoms with van der Waals surface area (Å²) in [6.45, 7) is 0.279. The zero-order valence-electron chi connectivity index (χ0n) is 13.0. The Morgan fingerprint density at radius 1 is 1.23 bits per heavy atom. The van der Waals surface area contributed by atoms with Crippen molar-refractivity contribution in [2.45, 2.75) is 19.1 Å². The van der Waals surface area contributed by atoms with Crippen LogP contribution in [0.1, 0.15) is 16.1 Å². The molecular formula is C15H13F4N3O3S. The molecule has 0 bridgehead atoms. The first-order valence-corrected chi connectivity index (χ1v) is 7.50. The SMILES string of the molecule is O=C(NNC(=S)NCc1ccco1)c1cccc(OC(F)(F)C(F)F)c1. The normalized spacial score (nSPS) is 11.1. The van der Waals surface area contributed by atoms with Crippen molar-refractivity contribution in [1.29, 1.82) is 0 Å². The first-order valence-electron chi connectivity index (χ1n) is 7.09. The zero-order valence-corrected chi connectivity index (χ0v) is 13.8. The molecule has 0 aliphatic rings. The van der Waals surface area contributed by atoms with E-state index in [9.17, 15) is 22.4 Å². The maximum Gasteiger partial charge on any atom is 0.461 e. The second kappa shape index (κ2) is 8.52. The van der Waals surface area contributed by atoms with E-state index in [-0.39, 0.29) is 17.2 Å². The summed E-state index contributed by atoms with van der Waals surface area (Å²) in [6, 6.07) is 7.82. The summed E-state index contributed by atoms with van der Waals surface area (Å²) in [5.74, 6) is -0.704. The molecule has 0 saturated carbocycles. The lowest BCUT2D eigenvalue weighted by Gasteiger charge is -2.17. The van der Waals surface area contributed by atoms with Crippen LogP contribution in [0.15, 0.2) is 47.1 Å². The van der Waals surface area contributed by atoms with E-state index in [2.05, 4.69) is 20.9 Å². The van der Waals surface area contributed by atoms with Crippen LogP contribution in [0.5, 0.6) is 5.75 Å². The molecular weight excluding hydrogens is 378 g/mol. The van der Waals surface area contributed by atoms with Crippen molar-refractivity contribution in [3.63, 3.8) is 0 Å². The second-order valence-electron chi connectivity index (χ2n) is 4.83. The average molecular weight is 391 g/mol. The summed E-state index contributed by atoms with van der Waals surface area (Å²) < 4.78 is 59.1. The van der Waals surface area contributed by atoms with Gasteiger partial charge in [-0.1, -0.05) is 6.07 Å². The number of rotatable bonds is 6. The van der Waals surface area contributed by atoms with Crippen molar-refractivity contribution in [1.82, 2.24) is 16.2 Å². The highest BCUT2D eigenvalue weighted by Gasteiger charge is 2.44. The van der Waals surface area contributed by atoms with Crippen LogP contribution in [0, 0.1) is 0 Å². The topological polar surface area (TPSA) is 75.5 Å². The quantitative estimate of drug-likeness (QED) is 0.400. The number of benzene rings is 1. The van der Waals surface area contributed by atoms with Crippen LogP contribution in [0.25, 0.3) is 0 Å². The molecule has 0 spiro atoms. The van der Waals surface area contributed by atoms with Gasteiger partial charge in [0.25, 0.3) is 5.91 Å². The summed E-state index contributed by atoms with van der Waals surface area (Å²) in [4.78, 5) is 12.0. The standard InChI is InChI=1S/C15H13F4N3O3S/c16-13(17)15(18,19)25-10-4-1-3-9(7-10)12(23)21-22-14(26)20-8-11-5-2-6-24-11/h1-7,13H,8H2,(H,21,23)(H2,20,22,26). The molecule has 3 N–H and O–H groups in total. The van der Waals surface area contributed by atoms with Crippen LogP contribution in [0.4, 0.5) is 17.6 Å². The number of thiocarbonyl (C=S) groups is 1. The number of carbonyl (C=O) groups excluding carboxylic acids is 1. The van der Waals surface area contributed by atoms with Gasteiger partial charge in [0.1, 0.15) is 11.5 Å². The number of ether oxygens (including phenoxy) is 1. The lowest BCUT2D eigenvalue weighted by Crippen LogP contribution is -2.46. The van der Waals surface area contributed by atoms with Gasteiger partial charge in [0.15, 0.2) is 5.11 Å². The molecule has 2 rings (SSSR count). The van der Waals surface area contributed by atoms with Crippen molar-refractivity contribution in [2.75, 3.05) is 0 Å². The first kappa shape index (κ1) is 19.5. The molecule has 1 aromatic carbocycles. The molecule has 2 aromatic rings. The van der Waals surface area contributed by atoms with Crippen molar-refractivity contribution >= 4 is 23.2 Å². The Kier molecular flexibility index (Phi) is 6.39. The Hall–Kier alpha value is -2.82. The lowest BCUT2D eigenvalue weighted by atomic mass is 10.2. The molecule has 1 heterocycles. The van der Waals surface area contributed by atoms with Gasteiger partial charge in [-0.15, -0.1) is 0 Å². The van der Waals surface area contributed by atoms with E-state index in [1.54, 1.807) is 12.1 Å². The van der Waals surface area contributed by atoms with Crippen molar-refractivity contribution in [3.05, 3.63) is 54.0 Å². The largest absolute Gasteiger partial charge is 0.467 e. The van der Waals surface area contributed by atoms with Crippen molar-refractivity contribution < 1.29 is 31.5 Å². The lowest BCUT2D eigenvalue weighted by molar-refractivity contribution is -0.253. The van der Waals surface area contributed by atoms with Crippen molar-refractivity contribution in [2.24, 2.45) is 0 Å². The fourth-order valence-electron chi connectivity index (χ4n) is 1.71. The van der Waals surface area contributed by atoms with E-state index in [1.165, 1.54) is 18.4 Å². The van der Waals surface area contributed by atoms with Gasteiger partial charge in [-0.3, -0.25) is 15.6 Å². The summed E-state index contributed by atoms with van der Waals surface area (Å²) in [7, 11) is 0. The predicted molar refractivity (Wildman–Crippen MR) is 86.8 cm³/mol. The molecule has 26 heavy (non-hydrogen) atoms. The Labute approximate surface area is 150 Å². The Morgan fingerprint density at radius 3 is 2.65 bits per heavy atom. The van der Waals surface area contributed by atoms with Gasteiger partial charge in [0.05, 0.1) is 12.8 Å². The van der Waals surface area contributed by atoms with Gasteiger partial charge < -0.3 is 14.5 Å². The Morgan fingerprint density at radius 2 is 2.00 bits per heavy atom. The zero-order chi connectivity index (χ0) is 19.2. The monoisotopic (exact) mass is 391 g/mol. The van der Waals surface area contributed by atoms with Crippen LogP contribution in [-0.2, 0) is 6.54 Å². The minimum absolute atomic E-state index is 0.0754. The molecule has 1 aromatic heterocycles. The second-order valence-corrected chi connectivity index (χ2v) is 5.24. The van der Waals surface area contributed by atoms with Gasteiger partial charge in [-0.25, -0.2) is 0 Å². The van der Waals surface area contributed by atoms with Gasteiger partial charge >= 0.3 is 12.5 Å². The van der Waals surface area contributed by atoms with E-state index in [1.807, 2.05) is 0 Å². The van der Waals surface area contributed by atoms with E-state index in [0.717, 1.165) is 12.1 Å². The fraction of sp³-hybridized carbons (Fsp3) is 0.200. The molecule has 11 heteroatoms. The number of alkyl halides is 4. The summed E-state index contributed by atoms with van der Waals surface area (Å²) in [5, 5.41) is 2.83. The van der Waals surface area contributed by atoms with Crippen LogP contribution in [0.3, 0.4) is 0 Å². The maximum absolute atomic E-state index is 12.9. The molecule has 1 amide bonds. The molecule has 140 valence electrons. The van der Waals surface area contributed by atoms with Gasteiger partial charge in [-0.05, 0) is 42.5 Å². The molecule has 0 atom stereocenters. The highest BCUT2D eigenvalue weighted by atomic mass is 32.1. The Balaban J connectivity index is 1.87. The third kappa shape index (κ3) is 5.62. The highest BCUT2D eigenvalue weighted by Crippen LogP contribution is 2.27. The van der Waals surface area contributed by atoms with Gasteiger partial charge in [-0.2, -0.15) is 17.6 Å². The summed E-state index contributed by atoms with van der Waals surface area (Å²) >= 11 is 4.94. The third-order valence-corrected chi connectivity index (χ3v) is 3.14. The number of carbonyl (C=O) groups is 1. The van der Waals surface area contributed by atoms with Crippen LogP contribution in [-0.4, -0.2) is 23.6 Å². The number of halogens is 4.